The molecule has 2 aromatic carbocycles. The van der Waals surface area contributed by atoms with Crippen LogP contribution < -0.4 is 0 Å². The minimum atomic E-state index is -0.177. The van der Waals surface area contributed by atoms with Gasteiger partial charge in [-0.2, -0.15) is 0 Å². The summed E-state index contributed by atoms with van der Waals surface area (Å²) in [7, 11) is 0. The van der Waals surface area contributed by atoms with Gasteiger partial charge < -0.3 is 10.2 Å². The maximum Gasteiger partial charge on any atom is 0.119 e. The number of rotatable bonds is 4. The Morgan fingerprint density at radius 1 is 0.952 bits per heavy atom. The Balaban J connectivity index is 2.47. The summed E-state index contributed by atoms with van der Waals surface area (Å²) in [4.78, 5) is 0. The van der Waals surface area contributed by atoms with Crippen LogP contribution in [0.25, 0.3) is 0 Å². The minimum Gasteiger partial charge on any atom is -0.508 e. The van der Waals surface area contributed by atoms with Gasteiger partial charge in [0, 0.05) is 5.41 Å². The summed E-state index contributed by atoms with van der Waals surface area (Å²) in [5, 5.41) is 19.5. The molecule has 0 bridgehead atoms. The summed E-state index contributed by atoms with van der Waals surface area (Å²) in [5.74, 6) is 0.982. The molecule has 0 aliphatic heterocycles. The molecular weight excluding hydrogens is 260 g/mol. The molecule has 0 aromatic heterocycles. The maximum atomic E-state index is 10.1. The first-order valence-electron chi connectivity index (χ1n) is 7.49. The van der Waals surface area contributed by atoms with E-state index < -0.39 is 0 Å². The maximum absolute atomic E-state index is 10.1. The molecule has 0 saturated carbocycles. The topological polar surface area (TPSA) is 40.5 Å². The van der Waals surface area contributed by atoms with E-state index in [2.05, 4.69) is 33.8 Å². The fourth-order valence-electron chi connectivity index (χ4n) is 2.60. The molecule has 0 spiro atoms. The summed E-state index contributed by atoms with van der Waals surface area (Å²) in [6.07, 6.45) is 0.997. The molecule has 0 aliphatic carbocycles. The van der Waals surface area contributed by atoms with Crippen LogP contribution in [0.5, 0.6) is 11.5 Å². The molecule has 0 radical (unpaired) electrons. The first-order valence-corrected chi connectivity index (χ1v) is 7.49. The van der Waals surface area contributed by atoms with E-state index in [1.165, 1.54) is 5.56 Å². The predicted molar refractivity (Wildman–Crippen MR) is 87.0 cm³/mol. The lowest BCUT2D eigenvalue weighted by atomic mass is 9.77. The summed E-state index contributed by atoms with van der Waals surface area (Å²) in [5.41, 5.74) is 3.13. The SMILES string of the molecule is CCC(C)c1cc(C(C)(C)c2ccc(O)cc2)ccc1O. The second-order valence-corrected chi connectivity index (χ2v) is 6.25. The summed E-state index contributed by atoms with van der Waals surface area (Å²) >= 11 is 0. The van der Waals surface area contributed by atoms with Crippen molar-refractivity contribution in [1.29, 1.82) is 0 Å². The van der Waals surface area contributed by atoms with E-state index in [1.54, 1.807) is 18.2 Å². The van der Waals surface area contributed by atoms with Crippen LogP contribution >= 0.6 is 0 Å². The van der Waals surface area contributed by atoms with Crippen LogP contribution in [0.3, 0.4) is 0 Å². The van der Waals surface area contributed by atoms with Gasteiger partial charge in [0.05, 0.1) is 0 Å². The Labute approximate surface area is 127 Å². The average Bonchev–Trinajstić information content (AvgIpc) is 2.47. The molecule has 0 aliphatic rings. The van der Waals surface area contributed by atoms with Crippen LogP contribution in [0.4, 0.5) is 0 Å². The van der Waals surface area contributed by atoms with Gasteiger partial charge in [-0.15, -0.1) is 0 Å². The zero-order valence-electron chi connectivity index (χ0n) is 13.2. The second kappa shape index (κ2) is 5.80. The highest BCUT2D eigenvalue weighted by Gasteiger charge is 2.24. The fraction of sp³-hybridized carbons (Fsp3) is 0.368. The van der Waals surface area contributed by atoms with Gasteiger partial charge >= 0.3 is 0 Å². The summed E-state index contributed by atoms with van der Waals surface area (Å²) in [6.45, 7) is 8.58. The third-order valence-corrected chi connectivity index (χ3v) is 4.48. The third-order valence-electron chi connectivity index (χ3n) is 4.48. The molecule has 1 unspecified atom stereocenters. The molecule has 0 fully saturated rings. The largest absolute Gasteiger partial charge is 0.508 e. The van der Waals surface area contributed by atoms with Gasteiger partial charge in [0.2, 0.25) is 0 Å². The van der Waals surface area contributed by atoms with Crippen LogP contribution in [0.15, 0.2) is 42.5 Å². The van der Waals surface area contributed by atoms with E-state index in [0.717, 1.165) is 17.5 Å². The molecule has 2 nitrogen and oxygen atoms in total. The zero-order chi connectivity index (χ0) is 15.6. The van der Waals surface area contributed by atoms with Gasteiger partial charge in [-0.3, -0.25) is 0 Å². The van der Waals surface area contributed by atoms with E-state index >= 15 is 0 Å². The van der Waals surface area contributed by atoms with E-state index in [1.807, 2.05) is 18.2 Å². The molecule has 0 saturated heterocycles. The summed E-state index contributed by atoms with van der Waals surface area (Å²) < 4.78 is 0. The standard InChI is InChI=1S/C19H24O2/c1-5-13(2)17-12-15(8-11-18(17)21)19(3,4)14-6-9-16(20)10-7-14/h6-13,20-21H,5H2,1-4H3. The smallest absolute Gasteiger partial charge is 0.119 e. The molecule has 21 heavy (non-hydrogen) atoms. The lowest BCUT2D eigenvalue weighted by molar-refractivity contribution is 0.460. The van der Waals surface area contributed by atoms with Gasteiger partial charge in [-0.1, -0.05) is 52.0 Å². The van der Waals surface area contributed by atoms with Gasteiger partial charge in [-0.05, 0) is 47.2 Å². The van der Waals surface area contributed by atoms with Crippen molar-refractivity contribution in [3.05, 3.63) is 59.2 Å². The molecule has 1 atom stereocenters. The van der Waals surface area contributed by atoms with Crippen molar-refractivity contribution < 1.29 is 10.2 Å². The van der Waals surface area contributed by atoms with Gasteiger partial charge in [-0.25, -0.2) is 0 Å². The van der Waals surface area contributed by atoms with Crippen LogP contribution in [0, 0.1) is 0 Å². The highest BCUT2D eigenvalue weighted by molar-refractivity contribution is 5.45. The van der Waals surface area contributed by atoms with Crippen LogP contribution in [-0.4, -0.2) is 10.2 Å². The molecule has 0 heterocycles. The van der Waals surface area contributed by atoms with Crippen LogP contribution in [0.1, 0.15) is 56.7 Å². The molecule has 112 valence electrons. The van der Waals surface area contributed by atoms with E-state index in [0.29, 0.717) is 11.7 Å². The Hall–Kier alpha value is -1.96. The highest BCUT2D eigenvalue weighted by atomic mass is 16.3. The molecule has 2 rings (SSSR count). The number of aromatic hydroxyl groups is 2. The first kappa shape index (κ1) is 15.4. The number of phenols is 2. The Morgan fingerprint density at radius 3 is 2.10 bits per heavy atom. The van der Waals surface area contributed by atoms with Gasteiger partial charge in [0.15, 0.2) is 0 Å². The normalized spacial score (nSPS) is 13.1. The highest BCUT2D eigenvalue weighted by Crippen LogP contribution is 2.37. The van der Waals surface area contributed by atoms with Crippen molar-refractivity contribution in [2.24, 2.45) is 0 Å². The third kappa shape index (κ3) is 3.05. The van der Waals surface area contributed by atoms with E-state index in [-0.39, 0.29) is 11.2 Å². The number of hydrogen-bond acceptors (Lipinski definition) is 2. The number of hydrogen-bond donors (Lipinski definition) is 2. The molecule has 0 amide bonds. The van der Waals surface area contributed by atoms with Crippen LogP contribution in [0.2, 0.25) is 0 Å². The van der Waals surface area contributed by atoms with Crippen molar-refractivity contribution in [3.63, 3.8) is 0 Å². The quantitative estimate of drug-likeness (QED) is 0.835. The van der Waals surface area contributed by atoms with Crippen molar-refractivity contribution in [3.8, 4) is 11.5 Å². The summed E-state index contributed by atoms with van der Waals surface area (Å²) in [6, 6.07) is 13.2. The average molecular weight is 284 g/mol. The Bertz CT molecular complexity index is 612. The first-order chi connectivity index (χ1) is 9.86. The predicted octanol–water partition coefficient (Wildman–Crippen LogP) is 4.94. The molecule has 2 heteroatoms. The second-order valence-electron chi connectivity index (χ2n) is 6.25. The number of benzene rings is 2. The monoisotopic (exact) mass is 284 g/mol. The zero-order valence-corrected chi connectivity index (χ0v) is 13.2. The number of phenolic OH excluding ortho intramolecular Hbond substituents is 2. The van der Waals surface area contributed by atoms with Crippen molar-refractivity contribution in [2.45, 2.75) is 45.4 Å². The minimum absolute atomic E-state index is 0.177. The van der Waals surface area contributed by atoms with Crippen molar-refractivity contribution in [1.82, 2.24) is 0 Å². The van der Waals surface area contributed by atoms with E-state index in [9.17, 15) is 10.2 Å². The fourth-order valence-corrected chi connectivity index (χ4v) is 2.60. The van der Waals surface area contributed by atoms with Gasteiger partial charge in [0.1, 0.15) is 11.5 Å². The Kier molecular flexibility index (Phi) is 4.26. The van der Waals surface area contributed by atoms with Crippen molar-refractivity contribution >= 4 is 0 Å². The lowest BCUT2D eigenvalue weighted by Gasteiger charge is -2.27. The van der Waals surface area contributed by atoms with Crippen LogP contribution in [-0.2, 0) is 5.41 Å². The van der Waals surface area contributed by atoms with E-state index in [4.69, 9.17) is 0 Å². The molecule has 2 aromatic rings. The molecule has 2 N–H and O–H groups in total. The Morgan fingerprint density at radius 2 is 1.52 bits per heavy atom. The van der Waals surface area contributed by atoms with Gasteiger partial charge in [0.25, 0.3) is 0 Å². The molecular formula is C19H24O2. The van der Waals surface area contributed by atoms with Crippen molar-refractivity contribution in [2.75, 3.05) is 0 Å². The lowest BCUT2D eigenvalue weighted by Crippen LogP contribution is -2.19.